The highest BCUT2D eigenvalue weighted by atomic mass is 31.2. The first-order valence-electron chi connectivity index (χ1n) is 4.40. The van der Waals surface area contributed by atoms with Gasteiger partial charge >= 0.3 is 0 Å². The molecule has 1 saturated heterocycles. The third-order valence-electron chi connectivity index (χ3n) is 1.99. The Kier molecular flexibility index (Phi) is 3.68. The van der Waals surface area contributed by atoms with Gasteiger partial charge in [0.1, 0.15) is 5.85 Å². The van der Waals surface area contributed by atoms with Gasteiger partial charge in [0.25, 0.3) is 7.52 Å². The molecule has 0 radical (unpaired) electrons. The Balaban J connectivity index is 2.63. The number of nitrogens with one attached hydrogen (secondary N) is 1. The van der Waals surface area contributed by atoms with E-state index in [2.05, 4.69) is 11.7 Å². The molecule has 1 heterocycles. The van der Waals surface area contributed by atoms with Crippen LogP contribution >= 0.6 is 7.52 Å². The Morgan fingerprint density at radius 1 is 1.92 bits per heavy atom. The molecule has 0 aromatic heterocycles. The first-order valence-corrected chi connectivity index (χ1v) is 6.10. The van der Waals surface area contributed by atoms with Crippen molar-refractivity contribution in [2.75, 3.05) is 6.54 Å². The minimum atomic E-state index is -3.04. The Bertz CT molecular complexity index is 231. The van der Waals surface area contributed by atoms with Crippen LogP contribution in [0.3, 0.4) is 0 Å². The normalized spacial score (nSPS) is 36.9. The van der Waals surface area contributed by atoms with Crippen LogP contribution in [0.4, 0.5) is 0 Å². The van der Waals surface area contributed by atoms with Crippen molar-refractivity contribution in [2.45, 2.75) is 31.7 Å². The quantitative estimate of drug-likeness (QED) is 0.541. The second-order valence-electron chi connectivity index (χ2n) is 3.21. The molecule has 1 fully saturated rings. The molecule has 1 aliphatic heterocycles. The second kappa shape index (κ2) is 4.38. The highest BCUT2D eigenvalue weighted by Crippen LogP contribution is 2.51. The van der Waals surface area contributed by atoms with E-state index in [0.717, 1.165) is 6.42 Å². The number of hydrogen-bond donors (Lipinski definition) is 2. The van der Waals surface area contributed by atoms with Crippen molar-refractivity contribution < 1.29 is 14.2 Å². The van der Waals surface area contributed by atoms with Crippen LogP contribution < -0.4 is 5.09 Å². The molecule has 0 spiro atoms. The van der Waals surface area contributed by atoms with Gasteiger partial charge in [-0.25, -0.2) is 5.09 Å². The molecule has 0 aromatic carbocycles. The topological polar surface area (TPSA) is 58.6 Å². The van der Waals surface area contributed by atoms with Crippen LogP contribution in [-0.2, 0) is 9.09 Å². The molecule has 0 aliphatic carbocycles. The van der Waals surface area contributed by atoms with Crippen LogP contribution in [0.1, 0.15) is 19.8 Å². The van der Waals surface area contributed by atoms with Crippen LogP contribution in [-0.4, -0.2) is 23.6 Å². The van der Waals surface area contributed by atoms with E-state index in [4.69, 9.17) is 4.52 Å². The molecule has 1 rings (SSSR count). The summed E-state index contributed by atoms with van der Waals surface area (Å²) in [7, 11) is -3.04. The first-order chi connectivity index (χ1) is 6.08. The second-order valence-corrected chi connectivity index (χ2v) is 5.53. The highest BCUT2D eigenvalue weighted by molar-refractivity contribution is 7.57. The van der Waals surface area contributed by atoms with E-state index in [-0.39, 0.29) is 12.5 Å². The zero-order chi connectivity index (χ0) is 9.90. The van der Waals surface area contributed by atoms with Crippen LogP contribution in [0, 0.1) is 0 Å². The lowest BCUT2D eigenvalue weighted by Crippen LogP contribution is -2.32. The summed E-state index contributed by atoms with van der Waals surface area (Å²) in [5, 5.41) is 12.3. The van der Waals surface area contributed by atoms with Gasteiger partial charge < -0.3 is 9.63 Å². The van der Waals surface area contributed by atoms with Crippen LogP contribution in [0.5, 0.6) is 0 Å². The minimum Gasteiger partial charge on any atom is -0.381 e. The van der Waals surface area contributed by atoms with Gasteiger partial charge in [-0.2, -0.15) is 0 Å². The van der Waals surface area contributed by atoms with Crippen molar-refractivity contribution in [3.8, 4) is 0 Å². The number of aliphatic hydroxyl groups is 1. The number of rotatable bonds is 3. The molecule has 0 unspecified atom stereocenters. The molecule has 13 heavy (non-hydrogen) atoms. The van der Waals surface area contributed by atoms with Gasteiger partial charge in [-0.1, -0.05) is 6.08 Å². The zero-order valence-corrected chi connectivity index (χ0v) is 8.67. The summed E-state index contributed by atoms with van der Waals surface area (Å²) in [6.45, 7) is 5.97. The Morgan fingerprint density at radius 2 is 2.62 bits per heavy atom. The monoisotopic (exact) mass is 205 g/mol. The molecular weight excluding hydrogens is 189 g/mol. The Morgan fingerprint density at radius 3 is 3.15 bits per heavy atom. The van der Waals surface area contributed by atoms with Gasteiger partial charge in [-0.3, -0.25) is 4.57 Å². The third-order valence-corrected chi connectivity index (χ3v) is 4.32. The molecular formula is C8H16NO3P. The van der Waals surface area contributed by atoms with Crippen LogP contribution in [0.15, 0.2) is 12.7 Å². The predicted molar refractivity (Wildman–Crippen MR) is 51.6 cm³/mol. The summed E-state index contributed by atoms with van der Waals surface area (Å²) in [6, 6.07) is 0. The first kappa shape index (κ1) is 10.9. The summed E-state index contributed by atoms with van der Waals surface area (Å²) in [6.07, 6.45) is 2.60. The molecule has 0 bridgehead atoms. The van der Waals surface area contributed by atoms with E-state index in [9.17, 15) is 9.67 Å². The molecule has 76 valence electrons. The molecule has 3 atom stereocenters. The third kappa shape index (κ3) is 2.64. The molecule has 0 saturated carbocycles. The summed E-state index contributed by atoms with van der Waals surface area (Å²) in [5.41, 5.74) is 0. The lowest BCUT2D eigenvalue weighted by Gasteiger charge is -2.31. The Hall–Kier alpha value is -0.150. The molecule has 0 amide bonds. The number of aliphatic hydroxyl groups excluding tert-OH is 1. The van der Waals surface area contributed by atoms with Gasteiger partial charge in [0, 0.05) is 13.0 Å². The zero-order valence-electron chi connectivity index (χ0n) is 7.77. The highest BCUT2D eigenvalue weighted by Gasteiger charge is 2.36. The largest absolute Gasteiger partial charge is 0.381 e. The van der Waals surface area contributed by atoms with Crippen molar-refractivity contribution in [1.82, 2.24) is 5.09 Å². The maximum atomic E-state index is 11.9. The average Bonchev–Trinajstić information content (AvgIpc) is 2.04. The molecule has 5 heteroatoms. The van der Waals surface area contributed by atoms with Gasteiger partial charge in [-0.05, 0) is 13.3 Å². The van der Waals surface area contributed by atoms with Crippen molar-refractivity contribution in [1.29, 1.82) is 0 Å². The lowest BCUT2D eigenvalue weighted by atomic mass is 10.3. The fourth-order valence-electron chi connectivity index (χ4n) is 1.24. The van der Waals surface area contributed by atoms with Gasteiger partial charge in [0.05, 0.1) is 6.10 Å². The average molecular weight is 205 g/mol. The maximum absolute atomic E-state index is 11.9. The minimum absolute atomic E-state index is 0.0495. The smallest absolute Gasteiger partial charge is 0.298 e. The summed E-state index contributed by atoms with van der Waals surface area (Å²) < 4.78 is 17.1. The summed E-state index contributed by atoms with van der Waals surface area (Å²) in [4.78, 5) is 0. The summed E-state index contributed by atoms with van der Waals surface area (Å²) >= 11 is 0. The van der Waals surface area contributed by atoms with Crippen molar-refractivity contribution in [2.24, 2.45) is 0 Å². The van der Waals surface area contributed by atoms with E-state index >= 15 is 0 Å². The van der Waals surface area contributed by atoms with E-state index in [1.807, 2.05) is 6.92 Å². The molecule has 2 N–H and O–H groups in total. The van der Waals surface area contributed by atoms with Gasteiger partial charge in [0.15, 0.2) is 0 Å². The lowest BCUT2D eigenvalue weighted by molar-refractivity contribution is 0.148. The SMILES string of the molecule is C=CC[C@H](O)[P@@]1(=O)NCC[C@H](C)O1. The van der Waals surface area contributed by atoms with Gasteiger partial charge in [0.2, 0.25) is 0 Å². The van der Waals surface area contributed by atoms with Crippen LogP contribution in [0.25, 0.3) is 0 Å². The van der Waals surface area contributed by atoms with E-state index in [1.165, 1.54) is 6.08 Å². The molecule has 0 aromatic rings. The van der Waals surface area contributed by atoms with Crippen molar-refractivity contribution in [3.63, 3.8) is 0 Å². The molecule has 1 aliphatic rings. The van der Waals surface area contributed by atoms with Crippen molar-refractivity contribution >= 4 is 7.52 Å². The standard InChI is InChI=1S/C8H16NO3P/c1-3-4-8(10)13(11)9-6-5-7(2)12-13/h3,7-8,10H,1,4-6H2,2H3,(H,9,11)/t7-,8+,13-/m0/s1. The van der Waals surface area contributed by atoms with Crippen LogP contribution in [0.2, 0.25) is 0 Å². The van der Waals surface area contributed by atoms with E-state index in [1.54, 1.807) is 0 Å². The van der Waals surface area contributed by atoms with E-state index in [0.29, 0.717) is 6.54 Å². The summed E-state index contributed by atoms with van der Waals surface area (Å²) in [5.74, 6) is -0.965. The Labute approximate surface area is 78.5 Å². The fourth-order valence-corrected chi connectivity index (χ4v) is 3.18. The van der Waals surface area contributed by atoms with Gasteiger partial charge in [-0.15, -0.1) is 6.58 Å². The maximum Gasteiger partial charge on any atom is 0.298 e. The van der Waals surface area contributed by atoms with E-state index < -0.39 is 13.4 Å². The predicted octanol–water partition coefficient (Wildman–Crippen LogP) is 1.47. The fraction of sp³-hybridized carbons (Fsp3) is 0.750. The number of hydrogen-bond acceptors (Lipinski definition) is 3. The molecule has 4 nitrogen and oxygen atoms in total. The van der Waals surface area contributed by atoms with Crippen molar-refractivity contribution in [3.05, 3.63) is 12.7 Å².